The lowest BCUT2D eigenvalue weighted by molar-refractivity contribution is -0.118. The van der Waals surface area contributed by atoms with Gasteiger partial charge in [0.15, 0.2) is 0 Å². The highest BCUT2D eigenvalue weighted by molar-refractivity contribution is 5.73. The Bertz CT molecular complexity index is 385. The van der Waals surface area contributed by atoms with Gasteiger partial charge in [-0.3, -0.25) is 4.79 Å². The number of hydrogen-bond donors (Lipinski definition) is 1. The Balaban J connectivity index is 2.63. The van der Waals surface area contributed by atoms with E-state index in [1.54, 1.807) is 24.3 Å². The van der Waals surface area contributed by atoms with Gasteiger partial charge in [-0.15, -0.1) is 0 Å². The zero-order valence-corrected chi connectivity index (χ0v) is 8.88. The van der Waals surface area contributed by atoms with Gasteiger partial charge in [0.05, 0.1) is 0 Å². The molecule has 2 nitrogen and oxygen atoms in total. The van der Waals surface area contributed by atoms with Crippen LogP contribution < -0.4 is 5.32 Å². The molecule has 0 aromatic heterocycles. The van der Waals surface area contributed by atoms with E-state index in [1.165, 1.54) is 13.0 Å². The van der Waals surface area contributed by atoms with Crippen molar-refractivity contribution in [1.29, 1.82) is 0 Å². The van der Waals surface area contributed by atoms with Crippen molar-refractivity contribution in [2.24, 2.45) is 0 Å². The number of nitrogens with one attached hydrogen (secondary N) is 1. The first-order chi connectivity index (χ1) is 7.09. The zero-order chi connectivity index (χ0) is 11.3. The Kier molecular flexibility index (Phi) is 4.03. The molecule has 1 rings (SSSR count). The SMILES string of the molecule is CC(=O)NCC=Cc1cc(C)ccc1F. The first-order valence-corrected chi connectivity index (χ1v) is 4.76. The number of rotatable bonds is 3. The molecule has 1 aromatic rings. The number of halogens is 1. The molecule has 3 heteroatoms. The van der Waals surface area contributed by atoms with Gasteiger partial charge in [0, 0.05) is 19.0 Å². The zero-order valence-electron chi connectivity index (χ0n) is 8.88. The van der Waals surface area contributed by atoms with Gasteiger partial charge in [0.1, 0.15) is 5.82 Å². The number of benzene rings is 1. The van der Waals surface area contributed by atoms with Crippen LogP contribution in [0.5, 0.6) is 0 Å². The van der Waals surface area contributed by atoms with E-state index < -0.39 is 0 Å². The maximum atomic E-state index is 13.2. The van der Waals surface area contributed by atoms with Crippen molar-refractivity contribution in [2.75, 3.05) is 6.54 Å². The van der Waals surface area contributed by atoms with Gasteiger partial charge in [-0.25, -0.2) is 4.39 Å². The maximum absolute atomic E-state index is 13.2. The molecule has 0 aliphatic rings. The first kappa shape index (κ1) is 11.4. The average Bonchev–Trinajstić information content (AvgIpc) is 2.17. The highest BCUT2D eigenvalue weighted by atomic mass is 19.1. The minimum Gasteiger partial charge on any atom is -0.353 e. The van der Waals surface area contributed by atoms with Gasteiger partial charge in [0.2, 0.25) is 5.91 Å². The monoisotopic (exact) mass is 207 g/mol. The molecule has 0 unspecified atom stereocenters. The molecule has 0 radical (unpaired) electrons. The predicted octanol–water partition coefficient (Wildman–Crippen LogP) is 2.28. The van der Waals surface area contributed by atoms with Crippen LogP contribution in [0.15, 0.2) is 24.3 Å². The second-order valence-electron chi connectivity index (χ2n) is 3.36. The van der Waals surface area contributed by atoms with Crippen LogP contribution in [0, 0.1) is 12.7 Å². The largest absolute Gasteiger partial charge is 0.353 e. The van der Waals surface area contributed by atoms with Gasteiger partial charge < -0.3 is 5.32 Å². The summed E-state index contributed by atoms with van der Waals surface area (Å²) in [5.41, 5.74) is 1.55. The third kappa shape index (κ3) is 3.94. The van der Waals surface area contributed by atoms with Crippen molar-refractivity contribution in [3.05, 3.63) is 41.2 Å². The van der Waals surface area contributed by atoms with Gasteiger partial charge in [0.25, 0.3) is 0 Å². The number of amides is 1. The van der Waals surface area contributed by atoms with Crippen LogP contribution in [0.3, 0.4) is 0 Å². The van der Waals surface area contributed by atoms with Crippen molar-refractivity contribution in [3.8, 4) is 0 Å². The van der Waals surface area contributed by atoms with Gasteiger partial charge in [-0.2, -0.15) is 0 Å². The average molecular weight is 207 g/mol. The molecule has 0 atom stereocenters. The Labute approximate surface area is 88.8 Å². The number of carbonyl (C=O) groups is 1. The number of carbonyl (C=O) groups excluding carboxylic acids is 1. The van der Waals surface area contributed by atoms with Crippen LogP contribution in [0.2, 0.25) is 0 Å². The Morgan fingerprint density at radius 2 is 2.27 bits per heavy atom. The van der Waals surface area contributed by atoms with E-state index in [4.69, 9.17) is 0 Å². The summed E-state index contributed by atoms with van der Waals surface area (Å²) in [5.74, 6) is -0.343. The van der Waals surface area contributed by atoms with Crippen LogP contribution in [-0.2, 0) is 4.79 Å². The second kappa shape index (κ2) is 5.29. The predicted molar refractivity (Wildman–Crippen MR) is 58.9 cm³/mol. The molecule has 0 fully saturated rings. The molecule has 0 saturated carbocycles. The third-order valence-corrected chi connectivity index (χ3v) is 1.92. The Hall–Kier alpha value is -1.64. The van der Waals surface area contributed by atoms with E-state index in [1.807, 2.05) is 6.92 Å². The quantitative estimate of drug-likeness (QED) is 0.809. The van der Waals surface area contributed by atoms with Crippen LogP contribution in [0.4, 0.5) is 4.39 Å². The summed E-state index contributed by atoms with van der Waals surface area (Å²) in [6.45, 7) is 3.77. The molecule has 0 aliphatic carbocycles. The highest BCUT2D eigenvalue weighted by Gasteiger charge is 1.97. The van der Waals surface area contributed by atoms with Crippen LogP contribution in [-0.4, -0.2) is 12.5 Å². The molecule has 15 heavy (non-hydrogen) atoms. The molecule has 1 N–H and O–H groups in total. The minimum atomic E-state index is -0.250. The van der Waals surface area contributed by atoms with E-state index >= 15 is 0 Å². The fourth-order valence-corrected chi connectivity index (χ4v) is 1.18. The van der Waals surface area contributed by atoms with Crippen molar-refractivity contribution < 1.29 is 9.18 Å². The molecule has 0 saturated heterocycles. The van der Waals surface area contributed by atoms with Gasteiger partial charge >= 0.3 is 0 Å². The summed E-state index contributed by atoms with van der Waals surface area (Å²) >= 11 is 0. The van der Waals surface area contributed by atoms with Crippen molar-refractivity contribution >= 4 is 12.0 Å². The molecular weight excluding hydrogens is 193 g/mol. The summed E-state index contributed by atoms with van der Waals surface area (Å²) in [6.07, 6.45) is 3.39. The van der Waals surface area contributed by atoms with E-state index in [9.17, 15) is 9.18 Å². The molecule has 80 valence electrons. The van der Waals surface area contributed by atoms with E-state index in [0.29, 0.717) is 12.1 Å². The van der Waals surface area contributed by atoms with Gasteiger partial charge in [-0.05, 0) is 19.1 Å². The Morgan fingerprint density at radius 1 is 1.53 bits per heavy atom. The van der Waals surface area contributed by atoms with E-state index in [0.717, 1.165) is 5.56 Å². The fourth-order valence-electron chi connectivity index (χ4n) is 1.18. The molecule has 1 amide bonds. The molecule has 0 heterocycles. The summed E-state index contributed by atoms with van der Waals surface area (Å²) in [5, 5.41) is 2.60. The molecule has 0 bridgehead atoms. The first-order valence-electron chi connectivity index (χ1n) is 4.76. The summed E-state index contributed by atoms with van der Waals surface area (Å²) in [4.78, 5) is 10.6. The summed E-state index contributed by atoms with van der Waals surface area (Å²) in [7, 11) is 0. The van der Waals surface area contributed by atoms with E-state index in [-0.39, 0.29) is 11.7 Å². The molecule has 0 spiro atoms. The maximum Gasteiger partial charge on any atom is 0.217 e. The lowest BCUT2D eigenvalue weighted by Crippen LogP contribution is -2.19. The van der Waals surface area contributed by atoms with Crippen molar-refractivity contribution in [1.82, 2.24) is 5.32 Å². The smallest absolute Gasteiger partial charge is 0.217 e. The summed E-state index contributed by atoms with van der Waals surface area (Å²) < 4.78 is 13.2. The fraction of sp³-hybridized carbons (Fsp3) is 0.250. The van der Waals surface area contributed by atoms with Crippen molar-refractivity contribution in [3.63, 3.8) is 0 Å². The number of hydrogen-bond acceptors (Lipinski definition) is 1. The van der Waals surface area contributed by atoms with Crippen LogP contribution in [0.1, 0.15) is 18.1 Å². The van der Waals surface area contributed by atoms with Crippen LogP contribution >= 0.6 is 0 Å². The molecular formula is C12H14FNO. The lowest BCUT2D eigenvalue weighted by Gasteiger charge is -1.99. The second-order valence-corrected chi connectivity index (χ2v) is 3.36. The molecule has 0 aliphatic heterocycles. The lowest BCUT2D eigenvalue weighted by atomic mass is 10.1. The topological polar surface area (TPSA) is 29.1 Å². The summed E-state index contributed by atoms with van der Waals surface area (Å²) in [6, 6.07) is 4.92. The third-order valence-electron chi connectivity index (χ3n) is 1.92. The highest BCUT2D eigenvalue weighted by Crippen LogP contribution is 2.11. The Morgan fingerprint density at radius 3 is 2.93 bits per heavy atom. The van der Waals surface area contributed by atoms with E-state index in [2.05, 4.69) is 5.32 Å². The standard InChI is InChI=1S/C12H14FNO/c1-9-5-6-12(13)11(8-9)4-3-7-14-10(2)15/h3-6,8H,7H2,1-2H3,(H,14,15). The normalized spacial score (nSPS) is 10.6. The van der Waals surface area contributed by atoms with Crippen molar-refractivity contribution in [2.45, 2.75) is 13.8 Å². The number of aryl methyl sites for hydroxylation is 1. The van der Waals surface area contributed by atoms with Crippen LogP contribution in [0.25, 0.3) is 6.08 Å². The minimum absolute atomic E-state index is 0.0932. The van der Waals surface area contributed by atoms with Gasteiger partial charge in [-0.1, -0.05) is 23.8 Å². The molecule has 1 aromatic carbocycles.